The van der Waals surface area contributed by atoms with Crippen molar-refractivity contribution in [2.45, 2.75) is 49.6 Å². The quantitative estimate of drug-likeness (QED) is 0.405. The van der Waals surface area contributed by atoms with E-state index >= 15 is 0 Å². The van der Waals surface area contributed by atoms with Crippen LogP contribution in [0.15, 0.2) is 0 Å². The van der Waals surface area contributed by atoms with E-state index in [2.05, 4.69) is 31.9 Å². The second kappa shape index (κ2) is 6.89. The standard InChI is InChI=1S/C12H18Br2O6/c1-6(7(15)16)8(19-9(17)11(2,3)13)20-10(18)12(4,5)14/h6,8H,1-5H3,(H,15,16). The normalized spacial score (nSPS) is 13.8. The van der Waals surface area contributed by atoms with E-state index in [0.29, 0.717) is 0 Å². The van der Waals surface area contributed by atoms with Gasteiger partial charge in [-0.1, -0.05) is 31.9 Å². The third-order valence-corrected chi connectivity index (χ3v) is 2.86. The Kier molecular flexibility index (Phi) is 6.67. The highest BCUT2D eigenvalue weighted by molar-refractivity contribution is 9.10. The summed E-state index contributed by atoms with van der Waals surface area (Å²) < 4.78 is 7.92. The molecular formula is C12H18Br2O6. The van der Waals surface area contributed by atoms with Crippen LogP contribution in [0.5, 0.6) is 0 Å². The maximum absolute atomic E-state index is 11.8. The van der Waals surface area contributed by atoms with Crippen molar-refractivity contribution >= 4 is 49.8 Å². The first-order valence-electron chi connectivity index (χ1n) is 5.79. The van der Waals surface area contributed by atoms with Crippen LogP contribution in [-0.4, -0.2) is 38.0 Å². The Morgan fingerprint density at radius 2 is 1.25 bits per heavy atom. The van der Waals surface area contributed by atoms with Crippen molar-refractivity contribution in [1.29, 1.82) is 0 Å². The first-order valence-corrected chi connectivity index (χ1v) is 7.38. The molecule has 1 N–H and O–H groups in total. The lowest BCUT2D eigenvalue weighted by Crippen LogP contribution is -2.41. The fourth-order valence-electron chi connectivity index (χ4n) is 0.836. The molecule has 0 aromatic carbocycles. The van der Waals surface area contributed by atoms with Crippen molar-refractivity contribution in [2.24, 2.45) is 5.92 Å². The molecule has 0 fully saturated rings. The summed E-state index contributed by atoms with van der Waals surface area (Å²) in [5.41, 5.74) is 0. The zero-order chi connectivity index (χ0) is 16.3. The van der Waals surface area contributed by atoms with E-state index in [1.807, 2.05) is 0 Å². The Labute approximate surface area is 134 Å². The molecule has 0 saturated heterocycles. The van der Waals surface area contributed by atoms with Crippen LogP contribution in [0, 0.1) is 5.92 Å². The number of carbonyl (C=O) groups excluding carboxylic acids is 2. The van der Waals surface area contributed by atoms with Gasteiger partial charge in [-0.05, 0) is 34.6 Å². The lowest BCUT2D eigenvalue weighted by molar-refractivity contribution is -0.202. The van der Waals surface area contributed by atoms with Crippen molar-refractivity contribution in [2.75, 3.05) is 0 Å². The Morgan fingerprint density at radius 3 is 1.45 bits per heavy atom. The molecule has 0 saturated carbocycles. The van der Waals surface area contributed by atoms with E-state index < -0.39 is 38.8 Å². The Balaban J connectivity index is 5.07. The van der Waals surface area contributed by atoms with Gasteiger partial charge in [0.2, 0.25) is 0 Å². The minimum atomic E-state index is -1.50. The summed E-state index contributed by atoms with van der Waals surface area (Å²) in [7, 11) is 0. The van der Waals surface area contributed by atoms with Gasteiger partial charge in [-0.25, -0.2) is 0 Å². The number of ether oxygens (including phenoxy) is 2. The van der Waals surface area contributed by atoms with E-state index in [1.54, 1.807) is 0 Å². The number of carbonyl (C=O) groups is 3. The molecule has 0 aliphatic carbocycles. The number of rotatable bonds is 6. The number of halogens is 2. The minimum Gasteiger partial charge on any atom is -0.481 e. The number of esters is 2. The van der Waals surface area contributed by atoms with Gasteiger partial charge in [0.1, 0.15) is 14.6 Å². The van der Waals surface area contributed by atoms with Crippen molar-refractivity contribution in [1.82, 2.24) is 0 Å². The monoisotopic (exact) mass is 416 g/mol. The third-order valence-electron chi connectivity index (χ3n) is 2.21. The van der Waals surface area contributed by atoms with Crippen LogP contribution in [0.4, 0.5) is 0 Å². The predicted molar refractivity (Wildman–Crippen MR) is 78.8 cm³/mol. The van der Waals surface area contributed by atoms with Crippen molar-refractivity contribution < 1.29 is 29.0 Å². The van der Waals surface area contributed by atoms with Crippen molar-refractivity contribution in [3.63, 3.8) is 0 Å². The van der Waals surface area contributed by atoms with Crippen LogP contribution in [-0.2, 0) is 23.9 Å². The minimum absolute atomic E-state index is 0.726. The van der Waals surface area contributed by atoms with E-state index in [4.69, 9.17) is 14.6 Å². The molecular weight excluding hydrogens is 400 g/mol. The van der Waals surface area contributed by atoms with Crippen LogP contribution >= 0.6 is 31.9 Å². The average molecular weight is 418 g/mol. The summed E-state index contributed by atoms with van der Waals surface area (Å²) in [5.74, 6) is -3.88. The van der Waals surface area contributed by atoms with Gasteiger partial charge in [0, 0.05) is 0 Å². The maximum atomic E-state index is 11.8. The molecule has 0 bridgehead atoms. The van der Waals surface area contributed by atoms with Gasteiger partial charge in [-0.15, -0.1) is 0 Å². The number of hydrogen-bond donors (Lipinski definition) is 1. The summed E-state index contributed by atoms with van der Waals surface area (Å²) >= 11 is 6.19. The second-order valence-electron chi connectivity index (χ2n) is 5.25. The van der Waals surface area contributed by atoms with Gasteiger partial charge < -0.3 is 14.6 Å². The van der Waals surface area contributed by atoms with Gasteiger partial charge in [-0.2, -0.15) is 0 Å². The molecule has 1 unspecified atom stereocenters. The molecule has 8 heteroatoms. The number of carboxylic acids is 1. The van der Waals surface area contributed by atoms with E-state index in [-0.39, 0.29) is 0 Å². The van der Waals surface area contributed by atoms with E-state index in [1.165, 1.54) is 34.6 Å². The third kappa shape index (κ3) is 6.21. The zero-order valence-corrected chi connectivity index (χ0v) is 15.1. The molecule has 0 rings (SSSR count). The van der Waals surface area contributed by atoms with Crippen molar-refractivity contribution in [3.8, 4) is 0 Å². The SMILES string of the molecule is CC(C(=O)O)C(OC(=O)C(C)(C)Br)OC(=O)C(C)(C)Br. The maximum Gasteiger partial charge on any atom is 0.325 e. The summed E-state index contributed by atoms with van der Waals surface area (Å²) in [6.45, 7) is 7.43. The molecule has 1 atom stereocenters. The van der Waals surface area contributed by atoms with E-state index in [0.717, 1.165) is 0 Å². The predicted octanol–water partition coefficient (Wildman–Crippen LogP) is 2.47. The van der Waals surface area contributed by atoms with Gasteiger partial charge in [0.25, 0.3) is 6.29 Å². The van der Waals surface area contributed by atoms with Crippen LogP contribution < -0.4 is 0 Å². The lowest BCUT2D eigenvalue weighted by atomic mass is 10.1. The molecule has 0 radical (unpaired) electrons. The van der Waals surface area contributed by atoms with Gasteiger partial charge >= 0.3 is 17.9 Å². The van der Waals surface area contributed by atoms with E-state index in [9.17, 15) is 14.4 Å². The molecule has 20 heavy (non-hydrogen) atoms. The second-order valence-corrected chi connectivity index (χ2v) is 9.22. The van der Waals surface area contributed by atoms with Crippen LogP contribution in [0.3, 0.4) is 0 Å². The van der Waals surface area contributed by atoms with Crippen LogP contribution in [0.25, 0.3) is 0 Å². The molecule has 6 nitrogen and oxygen atoms in total. The molecule has 0 aromatic heterocycles. The van der Waals surface area contributed by atoms with Crippen LogP contribution in [0.2, 0.25) is 0 Å². The Hall–Kier alpha value is -0.630. The molecule has 0 spiro atoms. The highest BCUT2D eigenvalue weighted by atomic mass is 79.9. The summed E-state index contributed by atoms with van der Waals surface area (Å²) in [6.07, 6.45) is -1.50. The highest BCUT2D eigenvalue weighted by Gasteiger charge is 2.38. The number of hydrogen-bond acceptors (Lipinski definition) is 5. The topological polar surface area (TPSA) is 89.9 Å². The Bertz CT molecular complexity index is 366. The number of aliphatic carboxylic acids is 1. The lowest BCUT2D eigenvalue weighted by Gasteiger charge is -2.26. The number of carboxylic acid groups (broad SMARTS) is 1. The fourth-order valence-corrected chi connectivity index (χ4v) is 1.02. The smallest absolute Gasteiger partial charge is 0.325 e. The molecule has 0 aliphatic rings. The fraction of sp³-hybridized carbons (Fsp3) is 0.750. The van der Waals surface area contributed by atoms with Crippen LogP contribution in [0.1, 0.15) is 34.6 Å². The molecule has 0 aromatic rings. The first kappa shape index (κ1) is 19.4. The molecule has 0 aliphatic heterocycles. The average Bonchev–Trinajstić information content (AvgIpc) is 2.23. The zero-order valence-electron chi connectivity index (χ0n) is 11.9. The van der Waals surface area contributed by atoms with Gasteiger partial charge in [0.05, 0.1) is 0 Å². The highest BCUT2D eigenvalue weighted by Crippen LogP contribution is 2.24. The molecule has 116 valence electrons. The summed E-state index contributed by atoms with van der Waals surface area (Å²) in [4.78, 5) is 34.5. The summed E-state index contributed by atoms with van der Waals surface area (Å²) in [6, 6.07) is 0. The van der Waals surface area contributed by atoms with Gasteiger partial charge in [0.15, 0.2) is 0 Å². The molecule has 0 amide bonds. The first-order chi connectivity index (χ1) is 8.76. The number of alkyl halides is 2. The largest absolute Gasteiger partial charge is 0.481 e. The molecule has 0 heterocycles. The summed E-state index contributed by atoms with van der Waals surface area (Å²) in [5, 5.41) is 8.98. The Morgan fingerprint density at radius 1 is 0.950 bits per heavy atom. The van der Waals surface area contributed by atoms with Gasteiger partial charge in [-0.3, -0.25) is 14.4 Å². The van der Waals surface area contributed by atoms with Crippen molar-refractivity contribution in [3.05, 3.63) is 0 Å².